The van der Waals surface area contributed by atoms with Gasteiger partial charge >= 0.3 is 0 Å². The predicted octanol–water partition coefficient (Wildman–Crippen LogP) is 1.55. The Morgan fingerprint density at radius 2 is 1.94 bits per heavy atom. The topological polar surface area (TPSA) is 50.9 Å². The summed E-state index contributed by atoms with van der Waals surface area (Å²) in [6.07, 6.45) is 4.35. The molecule has 1 aromatic heterocycles. The molecule has 4 rings (SSSR count). The van der Waals surface area contributed by atoms with Gasteiger partial charge in [0.15, 0.2) is 5.82 Å². The van der Waals surface area contributed by atoms with E-state index in [1.807, 2.05) is 0 Å². The molecular formula is C13H19N3O. The number of hydrogen-bond donors (Lipinski definition) is 1. The first-order valence-corrected chi connectivity index (χ1v) is 6.88. The van der Waals surface area contributed by atoms with E-state index in [-0.39, 0.29) is 6.61 Å². The standard InChI is InChI=1S/C13H19N3O/c1-2-16-9(6-17)14-15-13(16)12-10-7-3-4-8(5-7)11(10)12/h7-8,10-12,17H,2-6H2,1H3. The summed E-state index contributed by atoms with van der Waals surface area (Å²) in [6.45, 7) is 3.00. The van der Waals surface area contributed by atoms with Crippen LogP contribution in [0.3, 0.4) is 0 Å². The molecule has 1 heterocycles. The van der Waals surface area contributed by atoms with Gasteiger partial charge in [-0.15, -0.1) is 10.2 Å². The second-order valence-electron chi connectivity index (χ2n) is 5.89. The van der Waals surface area contributed by atoms with E-state index in [0.29, 0.717) is 5.92 Å². The van der Waals surface area contributed by atoms with Crippen LogP contribution in [0.4, 0.5) is 0 Å². The van der Waals surface area contributed by atoms with Gasteiger partial charge in [-0.3, -0.25) is 0 Å². The summed E-state index contributed by atoms with van der Waals surface area (Å²) in [5.74, 6) is 6.28. The lowest BCUT2D eigenvalue weighted by Crippen LogP contribution is -2.08. The molecule has 0 spiro atoms. The van der Waals surface area contributed by atoms with Crippen LogP contribution in [-0.4, -0.2) is 19.9 Å². The number of rotatable bonds is 3. The van der Waals surface area contributed by atoms with E-state index in [4.69, 9.17) is 0 Å². The van der Waals surface area contributed by atoms with Gasteiger partial charge in [-0.25, -0.2) is 0 Å². The summed E-state index contributed by atoms with van der Waals surface area (Å²) < 4.78 is 2.13. The SMILES string of the molecule is CCn1c(CO)nnc1C1C2C3CCC(C3)C12. The van der Waals surface area contributed by atoms with Crippen LogP contribution < -0.4 is 0 Å². The van der Waals surface area contributed by atoms with Gasteiger partial charge < -0.3 is 9.67 Å². The van der Waals surface area contributed by atoms with Gasteiger partial charge in [-0.2, -0.15) is 0 Å². The van der Waals surface area contributed by atoms with E-state index in [2.05, 4.69) is 21.7 Å². The first-order chi connectivity index (χ1) is 8.35. The summed E-state index contributed by atoms with van der Waals surface area (Å²) in [5.41, 5.74) is 0. The molecule has 3 fully saturated rings. The Bertz CT molecular complexity index is 440. The molecule has 0 saturated heterocycles. The van der Waals surface area contributed by atoms with E-state index in [9.17, 15) is 5.11 Å². The fraction of sp³-hybridized carbons (Fsp3) is 0.846. The lowest BCUT2D eigenvalue weighted by molar-refractivity contribution is 0.264. The van der Waals surface area contributed by atoms with Crippen LogP contribution in [0.25, 0.3) is 0 Å². The quantitative estimate of drug-likeness (QED) is 0.861. The van der Waals surface area contributed by atoms with E-state index < -0.39 is 0 Å². The van der Waals surface area contributed by atoms with Gasteiger partial charge in [0.25, 0.3) is 0 Å². The zero-order valence-corrected chi connectivity index (χ0v) is 10.2. The van der Waals surface area contributed by atoms with Crippen molar-refractivity contribution in [2.24, 2.45) is 23.7 Å². The maximum atomic E-state index is 9.26. The third-order valence-corrected chi connectivity index (χ3v) is 5.35. The van der Waals surface area contributed by atoms with Gasteiger partial charge in [0, 0.05) is 12.5 Å². The van der Waals surface area contributed by atoms with Crippen LogP contribution in [0.15, 0.2) is 0 Å². The molecule has 0 radical (unpaired) electrons. The number of hydrogen-bond acceptors (Lipinski definition) is 3. The summed E-state index contributed by atoms with van der Waals surface area (Å²) in [7, 11) is 0. The first-order valence-electron chi connectivity index (χ1n) is 6.88. The molecule has 2 bridgehead atoms. The van der Waals surface area contributed by atoms with Crippen molar-refractivity contribution >= 4 is 0 Å². The molecule has 3 aliphatic rings. The second-order valence-corrected chi connectivity index (χ2v) is 5.89. The first kappa shape index (κ1) is 10.1. The van der Waals surface area contributed by atoms with Gasteiger partial charge in [0.05, 0.1) is 0 Å². The third-order valence-electron chi connectivity index (χ3n) is 5.35. The number of aromatic nitrogens is 3. The van der Waals surface area contributed by atoms with Crippen molar-refractivity contribution in [2.45, 2.75) is 45.3 Å². The zero-order valence-electron chi connectivity index (χ0n) is 10.2. The molecule has 4 nitrogen and oxygen atoms in total. The summed E-state index contributed by atoms with van der Waals surface area (Å²) in [5, 5.41) is 17.7. The Labute approximate surface area is 101 Å². The molecular weight excluding hydrogens is 214 g/mol. The average Bonchev–Trinajstić information content (AvgIpc) is 2.75. The maximum Gasteiger partial charge on any atom is 0.158 e. The van der Waals surface area contributed by atoms with E-state index in [0.717, 1.165) is 41.9 Å². The van der Waals surface area contributed by atoms with E-state index in [1.54, 1.807) is 0 Å². The molecule has 17 heavy (non-hydrogen) atoms. The average molecular weight is 233 g/mol. The highest BCUT2D eigenvalue weighted by Gasteiger charge is 2.66. The summed E-state index contributed by atoms with van der Waals surface area (Å²) >= 11 is 0. The molecule has 4 unspecified atom stereocenters. The van der Waals surface area contributed by atoms with Crippen molar-refractivity contribution < 1.29 is 5.11 Å². The van der Waals surface area contributed by atoms with Crippen molar-refractivity contribution in [2.75, 3.05) is 0 Å². The molecule has 4 atom stereocenters. The van der Waals surface area contributed by atoms with Crippen LogP contribution in [0.5, 0.6) is 0 Å². The van der Waals surface area contributed by atoms with Crippen molar-refractivity contribution in [1.82, 2.24) is 14.8 Å². The number of aliphatic hydroxyl groups is 1. The van der Waals surface area contributed by atoms with Crippen molar-refractivity contribution in [3.05, 3.63) is 11.6 Å². The second kappa shape index (κ2) is 3.31. The van der Waals surface area contributed by atoms with E-state index in [1.165, 1.54) is 19.3 Å². The van der Waals surface area contributed by atoms with Crippen LogP contribution >= 0.6 is 0 Å². The Hall–Kier alpha value is -0.900. The largest absolute Gasteiger partial charge is 0.388 e. The lowest BCUT2D eigenvalue weighted by Gasteiger charge is -2.10. The van der Waals surface area contributed by atoms with Gasteiger partial charge in [0.2, 0.25) is 0 Å². The molecule has 3 aliphatic carbocycles. The number of nitrogens with zero attached hydrogens (tertiary/aromatic N) is 3. The zero-order chi connectivity index (χ0) is 11.6. The molecule has 1 aromatic rings. The van der Waals surface area contributed by atoms with Gasteiger partial charge in [-0.05, 0) is 49.9 Å². The smallest absolute Gasteiger partial charge is 0.158 e. The van der Waals surface area contributed by atoms with Gasteiger partial charge in [0.1, 0.15) is 12.4 Å². The molecule has 92 valence electrons. The van der Waals surface area contributed by atoms with Crippen molar-refractivity contribution in [3.63, 3.8) is 0 Å². The normalized spacial score (nSPS) is 41.9. The fourth-order valence-electron chi connectivity index (χ4n) is 4.73. The predicted molar refractivity (Wildman–Crippen MR) is 62.2 cm³/mol. The van der Waals surface area contributed by atoms with Crippen LogP contribution in [0, 0.1) is 23.7 Å². The summed E-state index contributed by atoms with van der Waals surface area (Å²) in [6, 6.07) is 0. The Kier molecular flexibility index (Phi) is 1.96. The van der Waals surface area contributed by atoms with E-state index >= 15 is 0 Å². The number of aliphatic hydroxyl groups excluding tert-OH is 1. The highest BCUT2D eigenvalue weighted by atomic mass is 16.3. The highest BCUT2D eigenvalue weighted by Crippen LogP contribution is 2.72. The Morgan fingerprint density at radius 1 is 1.24 bits per heavy atom. The Morgan fingerprint density at radius 3 is 2.53 bits per heavy atom. The van der Waals surface area contributed by atoms with Crippen LogP contribution in [-0.2, 0) is 13.2 Å². The molecule has 0 aliphatic heterocycles. The summed E-state index contributed by atoms with van der Waals surface area (Å²) in [4.78, 5) is 0. The molecule has 0 amide bonds. The molecule has 0 aromatic carbocycles. The van der Waals surface area contributed by atoms with Gasteiger partial charge in [-0.1, -0.05) is 0 Å². The highest BCUT2D eigenvalue weighted by molar-refractivity contribution is 5.25. The van der Waals surface area contributed by atoms with Crippen molar-refractivity contribution in [3.8, 4) is 0 Å². The minimum absolute atomic E-state index is 0.00967. The number of fused-ring (bicyclic) bond motifs is 5. The lowest BCUT2D eigenvalue weighted by atomic mass is 10.0. The van der Waals surface area contributed by atoms with Crippen LogP contribution in [0.2, 0.25) is 0 Å². The Balaban J connectivity index is 1.67. The fourth-order valence-corrected chi connectivity index (χ4v) is 4.73. The maximum absolute atomic E-state index is 9.26. The van der Waals surface area contributed by atoms with Crippen LogP contribution in [0.1, 0.15) is 43.8 Å². The molecule has 3 saturated carbocycles. The third kappa shape index (κ3) is 1.17. The van der Waals surface area contributed by atoms with Crippen molar-refractivity contribution in [1.29, 1.82) is 0 Å². The molecule has 1 N–H and O–H groups in total. The minimum Gasteiger partial charge on any atom is -0.388 e. The minimum atomic E-state index is 0.00967. The molecule has 4 heteroatoms. The monoisotopic (exact) mass is 233 g/mol.